The van der Waals surface area contributed by atoms with Gasteiger partial charge in [0.05, 0.1) is 19.8 Å². The van der Waals surface area contributed by atoms with Gasteiger partial charge in [0.15, 0.2) is 0 Å². The fraction of sp³-hybridized carbons (Fsp3) is 0.889. The molecule has 2 radical (unpaired) electrons. The third-order valence-corrected chi connectivity index (χ3v) is 8.33. The van der Waals surface area contributed by atoms with E-state index >= 15 is 0 Å². The molecule has 0 aliphatic heterocycles. The molecule has 1 aliphatic rings. The predicted molar refractivity (Wildman–Crippen MR) is 109 cm³/mol. The van der Waals surface area contributed by atoms with E-state index in [2.05, 4.69) is 58.3 Å². The Hall–Kier alpha value is 1.06. The van der Waals surface area contributed by atoms with Crippen LogP contribution in [0.5, 0.6) is 0 Å². The Balaban J connectivity index is 0.00000194. The first kappa shape index (κ1) is 27.1. The van der Waals surface area contributed by atoms with Gasteiger partial charge in [0.25, 0.3) is 0 Å². The molecule has 4 nitrogen and oxygen atoms in total. The average Bonchev–Trinajstić information content (AvgIpc) is 2.50. The Labute approximate surface area is 177 Å². The summed E-state index contributed by atoms with van der Waals surface area (Å²) in [5.74, 6) is -0.312. The van der Waals surface area contributed by atoms with Crippen LogP contribution in [0.1, 0.15) is 67.2 Å². The molecule has 0 heterocycles. The van der Waals surface area contributed by atoms with Gasteiger partial charge in [-0.25, -0.2) is 0 Å². The average molecular weight is 521 g/mol. The zero-order chi connectivity index (χ0) is 20.4. The fourth-order valence-corrected chi connectivity index (χ4v) is 8.79. The summed E-state index contributed by atoms with van der Waals surface area (Å²) in [4.78, 5) is 11.1. The van der Waals surface area contributed by atoms with Crippen molar-refractivity contribution in [3.63, 3.8) is 0 Å². The summed E-state index contributed by atoms with van der Waals surface area (Å²) in [6.07, 6.45) is 4.98. The molecule has 0 bridgehead atoms. The Morgan fingerprint density at radius 3 is 2.12 bits per heavy atom. The van der Waals surface area contributed by atoms with E-state index in [9.17, 15) is 4.79 Å². The molecule has 0 aromatic carbocycles. The number of halogens is 2. The number of esters is 1. The molecule has 1 N–H and O–H groups in total. The summed E-state index contributed by atoms with van der Waals surface area (Å²) in [6, 6.07) is 0. The number of ether oxygens (including phenoxy) is 2. The second kappa shape index (κ2) is 13.3. The quantitative estimate of drug-likeness (QED) is 0.165. The van der Waals surface area contributed by atoms with Crippen LogP contribution in [-0.2, 0) is 30.2 Å². The summed E-state index contributed by atoms with van der Waals surface area (Å²) >= 11 is -0.106. The van der Waals surface area contributed by atoms with E-state index in [1.54, 1.807) is 0 Å². The molecule has 26 heavy (non-hydrogen) atoms. The van der Waals surface area contributed by atoms with E-state index in [1.165, 1.54) is 26.4 Å². The Morgan fingerprint density at radius 2 is 1.65 bits per heavy atom. The van der Waals surface area contributed by atoms with E-state index in [0.29, 0.717) is 5.66 Å². The molecule has 0 saturated heterocycles. The van der Waals surface area contributed by atoms with Crippen LogP contribution in [0.3, 0.4) is 0 Å². The van der Waals surface area contributed by atoms with Gasteiger partial charge in [-0.05, 0) is 23.2 Å². The van der Waals surface area contributed by atoms with Gasteiger partial charge in [-0.2, -0.15) is 0 Å². The monoisotopic (exact) mass is 519 g/mol. The summed E-state index contributed by atoms with van der Waals surface area (Å²) in [6.45, 7) is 17.0. The van der Waals surface area contributed by atoms with Gasteiger partial charge < -0.3 is 9.47 Å². The van der Waals surface area contributed by atoms with Crippen LogP contribution in [-0.4, -0.2) is 41.7 Å². The molecule has 2 unspecified atom stereocenters. The first-order chi connectivity index (χ1) is 12.0. The minimum atomic E-state index is -0.312. The van der Waals surface area contributed by atoms with Crippen LogP contribution >= 0.6 is 27.0 Å². The standard InChI is InChI=1S/C18H34NO3P.2ClH.Pd/c1-17(2,3)23(18(4,5)6)15-11-9-8-10-14(15)22-13-19-12-16(20)21-7;;;/h14-15,19H,8-12H2,1-7H3;2*1H;/q;;;+2/p-2. The number of hydrogen-bond donors (Lipinski definition) is 1. The number of nitrogens with one attached hydrogen (secondary N) is 1. The molecule has 0 spiro atoms. The molecule has 1 aliphatic carbocycles. The second-order valence-electron chi connectivity index (χ2n) is 8.30. The zero-order valence-corrected chi connectivity index (χ0v) is 20.9. The summed E-state index contributed by atoms with van der Waals surface area (Å²) < 4.78 is 10.5. The maximum atomic E-state index is 11.1. The van der Waals surface area contributed by atoms with Gasteiger partial charge in [0.2, 0.25) is 6.73 Å². The van der Waals surface area contributed by atoms with Gasteiger partial charge in [-0.1, -0.05) is 62.3 Å². The molecule has 158 valence electrons. The van der Waals surface area contributed by atoms with E-state index in [4.69, 9.17) is 23.8 Å². The second-order valence-corrected chi connectivity index (χ2v) is 14.7. The van der Waals surface area contributed by atoms with Crippen molar-refractivity contribution in [2.75, 3.05) is 13.7 Å². The summed E-state index contributed by atoms with van der Waals surface area (Å²) in [5, 5.41) is 3.36. The molecule has 1 saturated carbocycles. The Morgan fingerprint density at radius 1 is 1.15 bits per heavy atom. The number of methoxy groups -OCH3 is 1. The van der Waals surface area contributed by atoms with E-state index < -0.39 is 0 Å². The van der Waals surface area contributed by atoms with Crippen LogP contribution in [0.15, 0.2) is 0 Å². The fourth-order valence-electron chi connectivity index (χ4n) is 3.81. The number of carbonyl (C=O) groups excluding carboxylic acids is 1. The zero-order valence-electron chi connectivity index (χ0n) is 16.9. The van der Waals surface area contributed by atoms with Crippen molar-refractivity contribution in [1.82, 2.24) is 5.32 Å². The molecule has 2 atom stereocenters. The predicted octanol–water partition coefficient (Wildman–Crippen LogP) is 5.53. The number of rotatable bonds is 6. The van der Waals surface area contributed by atoms with Crippen LogP contribution in [0.25, 0.3) is 0 Å². The first-order valence-corrected chi connectivity index (χ1v) is 14.2. The summed E-state index contributed by atoms with van der Waals surface area (Å²) in [5.41, 5.74) is 0.575. The molecule has 0 amide bonds. The SMILES string of the molecule is COC(=O)CN[C]OC1CCCCC1P(C(C)(C)C)C(C)(C)C.[Cl][Pd][Cl]. The minimum absolute atomic E-state index is 0.0984. The van der Waals surface area contributed by atoms with Gasteiger partial charge in [0.1, 0.15) is 0 Å². The van der Waals surface area contributed by atoms with Gasteiger partial charge in [-0.15, -0.1) is 0 Å². The molecule has 1 rings (SSSR count). The van der Waals surface area contributed by atoms with Gasteiger partial charge in [0, 0.05) is 5.66 Å². The molecule has 0 aromatic rings. The van der Waals surface area contributed by atoms with Crippen molar-refractivity contribution in [1.29, 1.82) is 0 Å². The maximum absolute atomic E-state index is 11.1. The van der Waals surface area contributed by atoms with Crippen LogP contribution in [0, 0.1) is 6.73 Å². The van der Waals surface area contributed by atoms with E-state index in [0.717, 1.165) is 6.42 Å². The Kier molecular flexibility index (Phi) is 13.9. The van der Waals surface area contributed by atoms with Crippen molar-refractivity contribution in [3.05, 3.63) is 6.73 Å². The third-order valence-electron chi connectivity index (χ3n) is 4.19. The van der Waals surface area contributed by atoms with Crippen molar-refractivity contribution in [2.24, 2.45) is 0 Å². The Bertz CT molecular complexity index is 389. The topological polar surface area (TPSA) is 47.6 Å². The molecule has 0 aromatic heterocycles. The van der Waals surface area contributed by atoms with Crippen LogP contribution < -0.4 is 5.32 Å². The molecular formula is C18H34Cl2NO3PPd. The van der Waals surface area contributed by atoms with Gasteiger partial charge >= 0.3 is 41.0 Å². The molecular weight excluding hydrogens is 487 g/mol. The van der Waals surface area contributed by atoms with Crippen molar-refractivity contribution in [2.45, 2.75) is 89.3 Å². The molecule has 8 heteroatoms. The first-order valence-electron chi connectivity index (χ1n) is 8.81. The van der Waals surface area contributed by atoms with Gasteiger partial charge in [-0.3, -0.25) is 10.1 Å². The summed E-state index contributed by atoms with van der Waals surface area (Å²) in [7, 11) is 10.8. The van der Waals surface area contributed by atoms with E-state index in [-0.39, 0.29) is 52.8 Å². The van der Waals surface area contributed by atoms with Crippen molar-refractivity contribution >= 4 is 32.9 Å². The van der Waals surface area contributed by atoms with Crippen molar-refractivity contribution in [3.8, 4) is 0 Å². The normalized spacial score (nSPS) is 21.3. The molecule has 1 fully saturated rings. The number of carbonyl (C=O) groups is 1. The van der Waals surface area contributed by atoms with Crippen molar-refractivity contribution < 1.29 is 30.2 Å². The van der Waals surface area contributed by atoms with Crippen LogP contribution in [0.2, 0.25) is 0 Å². The third kappa shape index (κ3) is 10.6. The number of hydrogen-bond acceptors (Lipinski definition) is 4. The van der Waals surface area contributed by atoms with Crippen LogP contribution in [0.4, 0.5) is 0 Å². The van der Waals surface area contributed by atoms with E-state index in [1.807, 2.05) is 0 Å².